The molecule has 1 aliphatic rings. The molecule has 6 nitrogen and oxygen atoms in total. The summed E-state index contributed by atoms with van der Waals surface area (Å²) in [5, 5.41) is 14.2. The van der Waals surface area contributed by atoms with Crippen LogP contribution in [0.4, 0.5) is 4.79 Å². The molecule has 6 heteroatoms. The van der Waals surface area contributed by atoms with E-state index in [1.54, 1.807) is 0 Å². The molecule has 1 aromatic rings. The number of carbonyl (C=O) groups excluding carboxylic acids is 2. The first-order valence-corrected chi connectivity index (χ1v) is 9.05. The molecule has 0 radical (unpaired) electrons. The second-order valence-corrected chi connectivity index (χ2v) is 6.51. The molecule has 1 saturated carbocycles. The smallest absolute Gasteiger partial charge is 0.408 e. The predicted octanol–water partition coefficient (Wildman–Crippen LogP) is 2.36. The van der Waals surface area contributed by atoms with Crippen molar-refractivity contribution in [3.8, 4) is 0 Å². The van der Waals surface area contributed by atoms with E-state index in [1.165, 1.54) is 19.3 Å². The molecule has 1 aliphatic carbocycles. The molecular weight excluding hydrogens is 320 g/mol. The van der Waals surface area contributed by atoms with Crippen molar-refractivity contribution in [2.75, 3.05) is 13.2 Å². The van der Waals surface area contributed by atoms with Crippen molar-refractivity contribution in [3.05, 3.63) is 35.9 Å². The van der Waals surface area contributed by atoms with Crippen LogP contribution >= 0.6 is 0 Å². The van der Waals surface area contributed by atoms with E-state index in [2.05, 4.69) is 10.6 Å². The van der Waals surface area contributed by atoms with Gasteiger partial charge < -0.3 is 20.5 Å². The van der Waals surface area contributed by atoms with E-state index in [0.717, 1.165) is 18.4 Å². The van der Waals surface area contributed by atoms with Crippen molar-refractivity contribution in [3.63, 3.8) is 0 Å². The highest BCUT2D eigenvalue weighted by Crippen LogP contribution is 2.27. The Balaban J connectivity index is 1.86. The Morgan fingerprint density at radius 3 is 2.56 bits per heavy atom. The molecule has 3 N–H and O–H groups in total. The van der Waals surface area contributed by atoms with Crippen molar-refractivity contribution < 1.29 is 19.4 Å². The Bertz CT molecular complexity index is 529. The summed E-state index contributed by atoms with van der Waals surface area (Å²) in [6.07, 6.45) is 5.78. The number of nitrogens with one attached hydrogen (secondary N) is 2. The van der Waals surface area contributed by atoms with E-state index in [-0.39, 0.29) is 25.7 Å². The van der Waals surface area contributed by atoms with Gasteiger partial charge in [-0.15, -0.1) is 0 Å². The van der Waals surface area contributed by atoms with Crippen LogP contribution in [0.1, 0.15) is 44.1 Å². The normalized spacial score (nSPS) is 16.0. The number of carbonyl (C=O) groups is 2. The summed E-state index contributed by atoms with van der Waals surface area (Å²) < 4.78 is 5.22. The molecular formula is C19H28N2O4. The van der Waals surface area contributed by atoms with E-state index >= 15 is 0 Å². The lowest BCUT2D eigenvalue weighted by molar-refractivity contribution is -0.123. The molecule has 0 unspecified atom stereocenters. The number of hydrogen-bond donors (Lipinski definition) is 3. The summed E-state index contributed by atoms with van der Waals surface area (Å²) in [6, 6.07) is 8.78. The van der Waals surface area contributed by atoms with Crippen LogP contribution in [-0.4, -0.2) is 36.3 Å². The number of amides is 2. The Kier molecular flexibility index (Phi) is 8.25. The van der Waals surface area contributed by atoms with Crippen LogP contribution in [-0.2, 0) is 16.1 Å². The minimum atomic E-state index is -0.627. The van der Waals surface area contributed by atoms with Gasteiger partial charge in [-0.05, 0) is 17.9 Å². The first-order valence-electron chi connectivity index (χ1n) is 9.05. The van der Waals surface area contributed by atoms with E-state index < -0.39 is 12.1 Å². The molecule has 0 aliphatic heterocycles. The number of hydrogen-bond acceptors (Lipinski definition) is 4. The van der Waals surface area contributed by atoms with Crippen molar-refractivity contribution in [2.45, 2.75) is 51.2 Å². The van der Waals surface area contributed by atoms with Gasteiger partial charge in [0.25, 0.3) is 0 Å². The van der Waals surface area contributed by atoms with Gasteiger partial charge in [0.05, 0.1) is 6.61 Å². The van der Waals surface area contributed by atoms with Crippen molar-refractivity contribution >= 4 is 12.0 Å². The summed E-state index contributed by atoms with van der Waals surface area (Å²) in [7, 11) is 0. The Hall–Kier alpha value is -2.08. The van der Waals surface area contributed by atoms with Gasteiger partial charge in [0.1, 0.15) is 12.6 Å². The van der Waals surface area contributed by atoms with E-state index in [0.29, 0.717) is 12.3 Å². The third-order valence-electron chi connectivity index (χ3n) is 4.53. The first kappa shape index (κ1) is 19.2. The van der Waals surface area contributed by atoms with Gasteiger partial charge in [-0.25, -0.2) is 4.79 Å². The molecule has 0 saturated heterocycles. The Morgan fingerprint density at radius 2 is 1.88 bits per heavy atom. The van der Waals surface area contributed by atoms with Crippen LogP contribution in [0.5, 0.6) is 0 Å². The number of aliphatic hydroxyl groups excluding tert-OH is 1. The standard InChI is InChI=1S/C19H28N2O4/c22-12-11-20-18(23)17(13-15-7-3-1-4-8-15)21-19(24)25-14-16-9-5-2-6-10-16/h2,5-6,9-10,15,17,22H,1,3-4,7-8,11-14H2,(H,20,23)(H,21,24)/t17-/m0/s1. The lowest BCUT2D eigenvalue weighted by atomic mass is 9.84. The summed E-state index contributed by atoms with van der Waals surface area (Å²) in [4.78, 5) is 24.4. The molecule has 0 aromatic heterocycles. The maximum Gasteiger partial charge on any atom is 0.408 e. The Labute approximate surface area is 149 Å². The second kappa shape index (κ2) is 10.7. The van der Waals surface area contributed by atoms with Crippen molar-refractivity contribution in [1.29, 1.82) is 0 Å². The number of alkyl carbamates (subject to hydrolysis) is 1. The van der Waals surface area contributed by atoms with E-state index in [1.807, 2.05) is 30.3 Å². The minimum Gasteiger partial charge on any atom is -0.445 e. The monoisotopic (exact) mass is 348 g/mol. The maximum absolute atomic E-state index is 12.3. The highest BCUT2D eigenvalue weighted by molar-refractivity contribution is 5.85. The van der Waals surface area contributed by atoms with Gasteiger partial charge in [0, 0.05) is 6.54 Å². The van der Waals surface area contributed by atoms with Gasteiger partial charge in [-0.1, -0.05) is 62.4 Å². The van der Waals surface area contributed by atoms with Crippen LogP contribution in [0.15, 0.2) is 30.3 Å². The average Bonchev–Trinajstić information content (AvgIpc) is 2.65. The number of benzene rings is 1. The fraction of sp³-hybridized carbons (Fsp3) is 0.579. The van der Waals surface area contributed by atoms with Gasteiger partial charge in [-0.2, -0.15) is 0 Å². The summed E-state index contributed by atoms with van der Waals surface area (Å²) in [5.74, 6) is 0.171. The van der Waals surface area contributed by atoms with Crippen LogP contribution in [0.2, 0.25) is 0 Å². The zero-order chi connectivity index (χ0) is 17.9. The molecule has 1 atom stereocenters. The van der Waals surface area contributed by atoms with Gasteiger partial charge in [-0.3, -0.25) is 4.79 Å². The zero-order valence-corrected chi connectivity index (χ0v) is 14.6. The van der Waals surface area contributed by atoms with Crippen molar-refractivity contribution in [1.82, 2.24) is 10.6 Å². The van der Waals surface area contributed by atoms with Crippen molar-refractivity contribution in [2.24, 2.45) is 5.92 Å². The van der Waals surface area contributed by atoms with Crippen LogP contribution in [0.25, 0.3) is 0 Å². The number of ether oxygens (including phenoxy) is 1. The fourth-order valence-electron chi connectivity index (χ4n) is 3.20. The molecule has 1 aromatic carbocycles. The minimum absolute atomic E-state index is 0.125. The van der Waals surface area contributed by atoms with Crippen LogP contribution in [0.3, 0.4) is 0 Å². The first-order chi connectivity index (χ1) is 12.2. The molecule has 2 amide bonds. The SMILES string of the molecule is O=C(N[C@@H](CC1CCCCC1)C(=O)NCCO)OCc1ccccc1. The summed E-state index contributed by atoms with van der Waals surface area (Å²) in [5.41, 5.74) is 0.895. The highest BCUT2D eigenvalue weighted by atomic mass is 16.5. The second-order valence-electron chi connectivity index (χ2n) is 6.51. The summed E-state index contributed by atoms with van der Waals surface area (Å²) >= 11 is 0. The lowest BCUT2D eigenvalue weighted by Gasteiger charge is -2.26. The predicted molar refractivity (Wildman–Crippen MR) is 94.8 cm³/mol. The Morgan fingerprint density at radius 1 is 1.16 bits per heavy atom. The zero-order valence-electron chi connectivity index (χ0n) is 14.6. The average molecular weight is 348 g/mol. The summed E-state index contributed by atoms with van der Waals surface area (Å²) in [6.45, 7) is 0.224. The van der Waals surface area contributed by atoms with Crippen LogP contribution < -0.4 is 10.6 Å². The van der Waals surface area contributed by atoms with E-state index in [4.69, 9.17) is 9.84 Å². The number of aliphatic hydroxyl groups is 1. The topological polar surface area (TPSA) is 87.7 Å². The molecule has 2 rings (SSSR count). The quantitative estimate of drug-likeness (QED) is 0.673. The molecule has 1 fully saturated rings. The molecule has 25 heavy (non-hydrogen) atoms. The molecule has 0 spiro atoms. The number of rotatable bonds is 8. The molecule has 0 heterocycles. The fourth-order valence-corrected chi connectivity index (χ4v) is 3.20. The third-order valence-corrected chi connectivity index (χ3v) is 4.53. The van der Waals surface area contributed by atoms with E-state index in [9.17, 15) is 9.59 Å². The molecule has 138 valence electrons. The molecule has 0 bridgehead atoms. The largest absolute Gasteiger partial charge is 0.445 e. The van der Waals surface area contributed by atoms with Crippen LogP contribution in [0, 0.1) is 5.92 Å². The van der Waals surface area contributed by atoms with Gasteiger partial charge in [0.15, 0.2) is 0 Å². The third kappa shape index (κ3) is 7.13. The maximum atomic E-state index is 12.3. The lowest BCUT2D eigenvalue weighted by Crippen LogP contribution is -2.48. The highest BCUT2D eigenvalue weighted by Gasteiger charge is 2.26. The van der Waals surface area contributed by atoms with Gasteiger partial charge in [0.2, 0.25) is 5.91 Å². The van der Waals surface area contributed by atoms with Gasteiger partial charge >= 0.3 is 6.09 Å².